The third kappa shape index (κ3) is 4.16. The van der Waals surface area contributed by atoms with Gasteiger partial charge in [-0.15, -0.1) is 0 Å². The second-order valence-electron chi connectivity index (χ2n) is 4.59. The lowest BCUT2D eigenvalue weighted by atomic mass is 10.2. The number of amides is 2. The van der Waals surface area contributed by atoms with E-state index in [1.54, 1.807) is 24.3 Å². The SMILES string of the molecule is COc1cccc(N(C(=O)C=CC(N)=O)c2ccc(F)cc2)c1. The van der Waals surface area contributed by atoms with Gasteiger partial charge in [-0.05, 0) is 36.4 Å². The largest absolute Gasteiger partial charge is 0.497 e. The van der Waals surface area contributed by atoms with Crippen molar-refractivity contribution >= 4 is 23.2 Å². The lowest BCUT2D eigenvalue weighted by molar-refractivity contribution is -0.115. The molecule has 0 saturated carbocycles. The molecule has 0 atom stereocenters. The number of ether oxygens (including phenoxy) is 1. The Balaban J connectivity index is 2.47. The van der Waals surface area contributed by atoms with E-state index >= 15 is 0 Å². The first-order valence-electron chi connectivity index (χ1n) is 6.72. The van der Waals surface area contributed by atoms with E-state index in [0.29, 0.717) is 17.1 Å². The summed E-state index contributed by atoms with van der Waals surface area (Å²) in [4.78, 5) is 24.6. The molecule has 0 aliphatic carbocycles. The predicted octanol–water partition coefficient (Wildman–Crippen LogP) is 2.54. The second-order valence-corrected chi connectivity index (χ2v) is 4.59. The van der Waals surface area contributed by atoms with Crippen LogP contribution in [0.2, 0.25) is 0 Å². The fraction of sp³-hybridized carbons (Fsp3) is 0.0588. The van der Waals surface area contributed by atoms with Crippen molar-refractivity contribution in [1.82, 2.24) is 0 Å². The first kappa shape index (κ1) is 16.2. The lowest BCUT2D eigenvalue weighted by Crippen LogP contribution is -2.24. The fourth-order valence-electron chi connectivity index (χ4n) is 1.97. The maximum atomic E-state index is 13.1. The van der Waals surface area contributed by atoms with E-state index in [0.717, 1.165) is 12.2 Å². The second kappa shape index (κ2) is 7.22. The summed E-state index contributed by atoms with van der Waals surface area (Å²) in [5.74, 6) is -1.09. The number of nitrogens with two attached hydrogens (primary N) is 1. The minimum atomic E-state index is -0.733. The highest BCUT2D eigenvalue weighted by Gasteiger charge is 2.16. The van der Waals surface area contributed by atoms with Crippen LogP contribution in [0.1, 0.15) is 0 Å². The van der Waals surface area contributed by atoms with Crippen LogP contribution in [0, 0.1) is 5.82 Å². The van der Waals surface area contributed by atoms with Gasteiger partial charge in [0.25, 0.3) is 5.91 Å². The van der Waals surface area contributed by atoms with Gasteiger partial charge >= 0.3 is 0 Å². The van der Waals surface area contributed by atoms with Crippen molar-refractivity contribution < 1.29 is 18.7 Å². The van der Waals surface area contributed by atoms with Gasteiger partial charge in [-0.3, -0.25) is 14.5 Å². The molecule has 0 aliphatic heterocycles. The Labute approximate surface area is 132 Å². The van der Waals surface area contributed by atoms with Crippen molar-refractivity contribution in [3.63, 3.8) is 0 Å². The van der Waals surface area contributed by atoms with Crippen molar-refractivity contribution in [2.45, 2.75) is 0 Å². The topological polar surface area (TPSA) is 72.6 Å². The zero-order valence-electron chi connectivity index (χ0n) is 12.4. The van der Waals surface area contributed by atoms with Crippen LogP contribution in [-0.2, 0) is 9.59 Å². The van der Waals surface area contributed by atoms with E-state index in [2.05, 4.69) is 0 Å². The molecule has 0 unspecified atom stereocenters. The highest BCUT2D eigenvalue weighted by Crippen LogP contribution is 2.29. The minimum Gasteiger partial charge on any atom is -0.497 e. The van der Waals surface area contributed by atoms with Crippen molar-refractivity contribution in [2.75, 3.05) is 12.0 Å². The van der Waals surface area contributed by atoms with Crippen LogP contribution >= 0.6 is 0 Å². The molecule has 5 nitrogen and oxygen atoms in total. The van der Waals surface area contributed by atoms with E-state index < -0.39 is 17.6 Å². The number of primary amides is 1. The molecule has 23 heavy (non-hydrogen) atoms. The van der Waals surface area contributed by atoms with Gasteiger partial charge in [-0.2, -0.15) is 0 Å². The summed E-state index contributed by atoms with van der Waals surface area (Å²) in [5, 5.41) is 0. The molecule has 0 spiro atoms. The number of halogens is 1. The zero-order chi connectivity index (χ0) is 16.8. The van der Waals surface area contributed by atoms with Crippen LogP contribution in [-0.4, -0.2) is 18.9 Å². The minimum absolute atomic E-state index is 0.417. The van der Waals surface area contributed by atoms with Gasteiger partial charge in [0.05, 0.1) is 12.8 Å². The predicted molar refractivity (Wildman–Crippen MR) is 84.9 cm³/mol. The molecular weight excluding hydrogens is 299 g/mol. The Morgan fingerprint density at radius 3 is 2.39 bits per heavy atom. The van der Waals surface area contributed by atoms with Crippen LogP contribution < -0.4 is 15.4 Å². The maximum Gasteiger partial charge on any atom is 0.255 e. The summed E-state index contributed by atoms with van der Waals surface area (Å²) in [6.45, 7) is 0. The molecule has 2 rings (SSSR count). The molecule has 0 heterocycles. The Kier molecular flexibility index (Phi) is 5.09. The average molecular weight is 314 g/mol. The number of carbonyl (C=O) groups excluding carboxylic acids is 2. The Bertz CT molecular complexity index is 742. The molecule has 118 valence electrons. The summed E-state index contributed by atoms with van der Waals surface area (Å²) < 4.78 is 18.3. The molecule has 0 saturated heterocycles. The lowest BCUT2D eigenvalue weighted by Gasteiger charge is -2.22. The van der Waals surface area contributed by atoms with E-state index in [1.165, 1.54) is 36.3 Å². The smallest absolute Gasteiger partial charge is 0.255 e. The van der Waals surface area contributed by atoms with Gasteiger partial charge in [0.1, 0.15) is 11.6 Å². The molecule has 2 amide bonds. The van der Waals surface area contributed by atoms with Crippen LogP contribution in [0.3, 0.4) is 0 Å². The van der Waals surface area contributed by atoms with Gasteiger partial charge in [0.15, 0.2) is 0 Å². The zero-order valence-corrected chi connectivity index (χ0v) is 12.4. The number of carbonyl (C=O) groups is 2. The molecule has 0 aliphatic rings. The van der Waals surface area contributed by atoms with Crippen LogP contribution in [0.25, 0.3) is 0 Å². The molecule has 0 bridgehead atoms. The van der Waals surface area contributed by atoms with E-state index in [-0.39, 0.29) is 0 Å². The Morgan fingerprint density at radius 1 is 1.09 bits per heavy atom. The molecule has 0 radical (unpaired) electrons. The maximum absolute atomic E-state index is 13.1. The molecule has 0 fully saturated rings. The number of anilines is 2. The summed E-state index contributed by atoms with van der Waals surface area (Å²) >= 11 is 0. The molecule has 2 aromatic rings. The van der Waals surface area contributed by atoms with Crippen molar-refractivity contribution in [3.8, 4) is 5.75 Å². The quantitative estimate of drug-likeness (QED) is 0.862. The first-order valence-corrected chi connectivity index (χ1v) is 6.72. The monoisotopic (exact) mass is 314 g/mol. The molecule has 0 aromatic heterocycles. The summed E-state index contributed by atoms with van der Waals surface area (Å²) in [6, 6.07) is 12.2. The van der Waals surface area contributed by atoms with Gasteiger partial charge in [-0.1, -0.05) is 6.07 Å². The summed E-state index contributed by atoms with van der Waals surface area (Å²) in [5.41, 5.74) is 5.97. The standard InChI is InChI=1S/C17H15FN2O3/c1-23-15-4-2-3-14(11-15)20(17(22)10-9-16(19)21)13-7-5-12(18)6-8-13/h2-11H,1H3,(H2,19,21). The van der Waals surface area contributed by atoms with Gasteiger partial charge in [-0.25, -0.2) is 4.39 Å². The van der Waals surface area contributed by atoms with Gasteiger partial charge < -0.3 is 10.5 Å². The Morgan fingerprint density at radius 2 is 1.78 bits per heavy atom. The summed E-state index contributed by atoms with van der Waals surface area (Å²) in [7, 11) is 1.51. The van der Waals surface area contributed by atoms with Crippen molar-refractivity contribution in [1.29, 1.82) is 0 Å². The normalized spacial score (nSPS) is 10.5. The van der Waals surface area contributed by atoms with E-state index in [9.17, 15) is 14.0 Å². The highest BCUT2D eigenvalue weighted by atomic mass is 19.1. The number of nitrogens with zero attached hydrogens (tertiary/aromatic N) is 1. The summed E-state index contributed by atoms with van der Waals surface area (Å²) in [6.07, 6.45) is 2.03. The van der Waals surface area contributed by atoms with Crippen molar-refractivity contribution in [3.05, 3.63) is 66.5 Å². The average Bonchev–Trinajstić information content (AvgIpc) is 2.55. The Hall–Kier alpha value is -3.15. The number of hydrogen-bond acceptors (Lipinski definition) is 3. The third-order valence-corrected chi connectivity index (χ3v) is 3.01. The first-order chi connectivity index (χ1) is 11.0. The molecular formula is C17H15FN2O3. The van der Waals surface area contributed by atoms with Gasteiger partial charge in [0, 0.05) is 23.9 Å². The van der Waals surface area contributed by atoms with Crippen LogP contribution in [0.5, 0.6) is 5.75 Å². The van der Waals surface area contributed by atoms with Crippen LogP contribution in [0.4, 0.5) is 15.8 Å². The molecule has 2 aromatic carbocycles. The van der Waals surface area contributed by atoms with Crippen LogP contribution in [0.15, 0.2) is 60.7 Å². The highest BCUT2D eigenvalue weighted by molar-refractivity contribution is 6.09. The van der Waals surface area contributed by atoms with Crippen molar-refractivity contribution in [2.24, 2.45) is 5.73 Å². The number of benzene rings is 2. The number of methoxy groups -OCH3 is 1. The molecule has 6 heteroatoms. The molecule has 2 N–H and O–H groups in total. The fourth-order valence-corrected chi connectivity index (χ4v) is 1.97. The van der Waals surface area contributed by atoms with E-state index in [4.69, 9.17) is 10.5 Å². The van der Waals surface area contributed by atoms with E-state index in [1.807, 2.05) is 0 Å². The number of hydrogen-bond donors (Lipinski definition) is 1. The number of rotatable bonds is 5. The van der Waals surface area contributed by atoms with Gasteiger partial charge in [0.2, 0.25) is 5.91 Å². The third-order valence-electron chi connectivity index (χ3n) is 3.01.